The number of carbonyl (C=O) groups is 2. The molecule has 0 radical (unpaired) electrons. The Morgan fingerprint density at radius 2 is 1.38 bits per heavy atom. The van der Waals surface area contributed by atoms with E-state index in [-0.39, 0.29) is 11.8 Å². The van der Waals surface area contributed by atoms with E-state index in [2.05, 4.69) is 65.1 Å². The molecule has 1 aromatic carbocycles. The van der Waals surface area contributed by atoms with Gasteiger partial charge in [-0.25, -0.2) is 0 Å². The molecule has 1 saturated heterocycles. The first-order valence-electron chi connectivity index (χ1n) is 11.9. The fourth-order valence-electron chi connectivity index (χ4n) is 3.86. The molecular formula is C25H26N8O2S2. The molecule has 2 N–H and O–H groups in total. The minimum Gasteiger partial charge on any atom is -0.345 e. The zero-order valence-corrected chi connectivity index (χ0v) is 21.9. The van der Waals surface area contributed by atoms with Crippen LogP contribution in [0, 0.1) is 0 Å². The number of anilines is 4. The molecule has 0 atom stereocenters. The lowest BCUT2D eigenvalue weighted by Gasteiger charge is -2.20. The second-order valence-corrected chi connectivity index (χ2v) is 10.5. The van der Waals surface area contributed by atoms with Gasteiger partial charge in [-0.15, -0.1) is 20.4 Å². The van der Waals surface area contributed by atoms with E-state index < -0.39 is 0 Å². The molecule has 0 spiro atoms. The monoisotopic (exact) mass is 534 g/mol. The zero-order chi connectivity index (χ0) is 25.6. The first-order valence-corrected chi connectivity index (χ1v) is 13.6. The molecule has 3 aromatic rings. The van der Waals surface area contributed by atoms with Crippen molar-refractivity contribution in [3.63, 3.8) is 0 Å². The number of hydrogen-bond donors (Lipinski definition) is 2. The number of nitrogens with zero attached hydrogens (tertiary/aromatic N) is 6. The van der Waals surface area contributed by atoms with E-state index >= 15 is 0 Å². The van der Waals surface area contributed by atoms with E-state index in [1.807, 2.05) is 30.3 Å². The fourth-order valence-corrected chi connectivity index (χ4v) is 5.51. The highest BCUT2D eigenvalue weighted by atomic mass is 32.1. The van der Waals surface area contributed by atoms with Crippen molar-refractivity contribution in [2.45, 2.75) is 19.8 Å². The number of carbonyl (C=O) groups excluding carboxylic acids is 2. The summed E-state index contributed by atoms with van der Waals surface area (Å²) in [6.45, 7) is 4.63. The molecular weight excluding hydrogens is 508 g/mol. The third-order valence-corrected chi connectivity index (χ3v) is 7.51. The maximum Gasteiger partial charge on any atom is 0.230 e. The average Bonchev–Trinajstić information content (AvgIpc) is 3.16. The summed E-state index contributed by atoms with van der Waals surface area (Å²) in [6.07, 6.45) is 1.22. The lowest BCUT2D eigenvalue weighted by atomic mass is 10.1. The minimum atomic E-state index is -0.160. The topological polar surface area (TPSA) is 116 Å². The van der Waals surface area contributed by atoms with Crippen LogP contribution in [0.15, 0.2) is 54.6 Å². The molecule has 3 aliphatic rings. The summed E-state index contributed by atoms with van der Waals surface area (Å²) in [5.74, 6) is -0.269. The van der Waals surface area contributed by atoms with Crippen LogP contribution in [0.2, 0.25) is 0 Å². The highest BCUT2D eigenvalue weighted by molar-refractivity contribution is 7.19. The molecule has 190 valence electrons. The first kappa shape index (κ1) is 24.8. The van der Waals surface area contributed by atoms with Crippen LogP contribution in [-0.4, -0.2) is 58.4 Å². The quantitative estimate of drug-likeness (QED) is 0.337. The van der Waals surface area contributed by atoms with E-state index in [1.165, 1.54) is 40.7 Å². The van der Waals surface area contributed by atoms with Gasteiger partial charge in [-0.1, -0.05) is 71.2 Å². The summed E-state index contributed by atoms with van der Waals surface area (Å²) in [5.41, 5.74) is 3.81. The van der Waals surface area contributed by atoms with Crippen LogP contribution in [0.5, 0.6) is 0 Å². The van der Waals surface area contributed by atoms with Gasteiger partial charge >= 0.3 is 0 Å². The normalized spacial score (nSPS) is 13.8. The van der Waals surface area contributed by atoms with E-state index in [1.54, 1.807) is 0 Å². The Hall–Kier alpha value is -3.90. The number of nitrogens with one attached hydrogen (secondary N) is 2. The maximum atomic E-state index is 12.3. The van der Waals surface area contributed by atoms with Crippen molar-refractivity contribution in [1.82, 2.24) is 20.4 Å². The first-order chi connectivity index (χ1) is 18.0. The zero-order valence-electron chi connectivity index (χ0n) is 20.3. The summed E-state index contributed by atoms with van der Waals surface area (Å²) in [5, 5.41) is 24.7. The number of benzene rings is 2. The second kappa shape index (κ2) is 11.4. The molecule has 37 heavy (non-hydrogen) atoms. The minimum absolute atomic E-state index is 0.109. The van der Waals surface area contributed by atoms with Crippen molar-refractivity contribution < 1.29 is 9.59 Å². The molecule has 6 rings (SSSR count). The number of hydrogen-bond acceptors (Lipinski definition) is 10. The third kappa shape index (κ3) is 6.86. The molecule has 0 unspecified atom stereocenters. The van der Waals surface area contributed by atoms with Crippen LogP contribution in [0.4, 0.5) is 20.5 Å². The van der Waals surface area contributed by atoms with Crippen molar-refractivity contribution in [2.24, 2.45) is 0 Å². The number of aromatic nitrogens is 4. The van der Waals surface area contributed by atoms with Crippen molar-refractivity contribution >= 4 is 55.0 Å². The van der Waals surface area contributed by atoms with Gasteiger partial charge in [0.25, 0.3) is 0 Å². The van der Waals surface area contributed by atoms with E-state index in [4.69, 9.17) is 0 Å². The van der Waals surface area contributed by atoms with Gasteiger partial charge in [0.15, 0.2) is 0 Å². The molecule has 12 heteroatoms. The van der Waals surface area contributed by atoms with Gasteiger partial charge in [0.05, 0.1) is 6.42 Å². The van der Waals surface area contributed by atoms with Crippen LogP contribution in [0.3, 0.4) is 0 Å². The summed E-state index contributed by atoms with van der Waals surface area (Å²) in [7, 11) is 0. The van der Waals surface area contributed by atoms with Crippen LogP contribution >= 0.6 is 22.7 Å². The van der Waals surface area contributed by atoms with Crippen molar-refractivity contribution in [1.29, 1.82) is 0 Å². The lowest BCUT2D eigenvalue weighted by Crippen LogP contribution is -2.30. The fraction of sp³-hybridized carbons (Fsp3) is 0.280. The molecule has 1 aliphatic heterocycles. The van der Waals surface area contributed by atoms with Crippen molar-refractivity contribution in [3.8, 4) is 11.1 Å². The molecule has 1 fully saturated rings. The Balaban J connectivity index is 0.000000403. The molecule has 0 saturated carbocycles. The SMILES string of the molecule is CC(=O)Nc1nnc(N2CCCN(c3nnc(NC(=O)Cc4ccccc4)s3)CC2)s1.c1cc2cc-2c1. The van der Waals surface area contributed by atoms with Gasteiger partial charge in [0.2, 0.25) is 32.3 Å². The van der Waals surface area contributed by atoms with Crippen LogP contribution in [0.1, 0.15) is 18.9 Å². The van der Waals surface area contributed by atoms with Gasteiger partial charge in [0, 0.05) is 33.1 Å². The Labute approximate surface area is 222 Å². The predicted molar refractivity (Wildman–Crippen MR) is 147 cm³/mol. The molecule has 10 nitrogen and oxygen atoms in total. The third-order valence-electron chi connectivity index (χ3n) is 5.71. The number of fused-ring (bicyclic) bond motifs is 1. The number of rotatable bonds is 6. The van der Waals surface area contributed by atoms with Gasteiger partial charge in [-0.3, -0.25) is 9.59 Å². The molecule has 2 amide bonds. The largest absolute Gasteiger partial charge is 0.345 e. The van der Waals surface area contributed by atoms with Crippen LogP contribution < -0.4 is 20.4 Å². The Morgan fingerprint density at radius 1 is 0.784 bits per heavy atom. The lowest BCUT2D eigenvalue weighted by molar-refractivity contribution is -0.116. The Bertz CT molecular complexity index is 1360. The molecule has 3 heterocycles. The predicted octanol–water partition coefficient (Wildman–Crippen LogP) is 3.91. The van der Waals surface area contributed by atoms with Crippen LogP contribution in [-0.2, 0) is 16.0 Å². The van der Waals surface area contributed by atoms with E-state index in [0.717, 1.165) is 48.4 Å². The standard InChI is InChI=1S/C19H22N8O2S2.C6H4/c1-13(28)20-16-22-24-18(30-16)26-8-5-9-27(11-10-26)19-25-23-17(31-19)21-15(29)12-14-6-3-2-4-7-14;1-2-5-4-6(5)3-1/h2-4,6-7H,5,8-12H2,1H3,(H,20,22,28)(H,21,23,29);1-4H. The highest BCUT2D eigenvalue weighted by Crippen LogP contribution is 2.32. The van der Waals surface area contributed by atoms with Gasteiger partial charge in [-0.2, -0.15) is 0 Å². The Kier molecular flexibility index (Phi) is 7.66. The van der Waals surface area contributed by atoms with E-state index in [0.29, 0.717) is 16.7 Å². The molecule has 2 aromatic heterocycles. The van der Waals surface area contributed by atoms with Gasteiger partial charge < -0.3 is 20.4 Å². The summed E-state index contributed by atoms with van der Waals surface area (Å²) in [4.78, 5) is 27.8. The van der Waals surface area contributed by atoms with Crippen LogP contribution in [0.25, 0.3) is 11.1 Å². The summed E-state index contributed by atoms with van der Waals surface area (Å²) in [6, 6.07) is 18.1. The van der Waals surface area contributed by atoms with Crippen molar-refractivity contribution in [2.75, 3.05) is 46.6 Å². The molecule has 0 bridgehead atoms. The Morgan fingerprint density at radius 3 is 1.89 bits per heavy atom. The summed E-state index contributed by atoms with van der Waals surface area (Å²) >= 11 is 2.74. The smallest absolute Gasteiger partial charge is 0.230 e. The van der Waals surface area contributed by atoms with Gasteiger partial charge in [0.1, 0.15) is 0 Å². The summed E-state index contributed by atoms with van der Waals surface area (Å²) < 4.78 is 0. The second-order valence-electron chi connectivity index (χ2n) is 8.58. The van der Waals surface area contributed by atoms with Crippen molar-refractivity contribution in [3.05, 3.63) is 60.2 Å². The molecule has 2 aliphatic carbocycles. The highest BCUT2D eigenvalue weighted by Gasteiger charge is 2.21. The number of amides is 2. The average molecular weight is 535 g/mol. The van der Waals surface area contributed by atoms with E-state index in [9.17, 15) is 9.59 Å². The maximum absolute atomic E-state index is 12.3. The van der Waals surface area contributed by atoms with Gasteiger partial charge in [-0.05, 0) is 29.2 Å².